The molecule has 0 aliphatic carbocycles. The van der Waals surface area contributed by atoms with Gasteiger partial charge in [-0.1, -0.05) is 44.2 Å². The normalized spacial score (nSPS) is 11.6. The number of benzene rings is 2. The molecule has 0 atom stereocenters. The van der Waals surface area contributed by atoms with Crippen LogP contribution in [0.15, 0.2) is 54.6 Å². The number of nitrogens with zero attached hydrogens (tertiary/aromatic N) is 3. The number of aromatic nitrogens is 3. The van der Waals surface area contributed by atoms with Gasteiger partial charge in [-0.15, -0.1) is 0 Å². The second-order valence-electron chi connectivity index (χ2n) is 6.32. The van der Waals surface area contributed by atoms with Crippen molar-refractivity contribution in [3.05, 3.63) is 54.6 Å². The monoisotopic (exact) mass is 317 g/mol. The highest BCUT2D eigenvalue weighted by molar-refractivity contribution is 5.88. The Labute approximate surface area is 142 Å². The minimum atomic E-state index is 0.990. The molecule has 2 aromatic heterocycles. The maximum Gasteiger partial charge on any atom is 0.157 e. The molecular formula is C21H23N3. The van der Waals surface area contributed by atoms with E-state index >= 15 is 0 Å². The third-order valence-electron chi connectivity index (χ3n) is 4.59. The SMILES string of the molecule is CCCn1c(-c2nc3ccccc3n2CCC)cc2ccccc21. The van der Waals surface area contributed by atoms with Gasteiger partial charge in [-0.3, -0.25) is 0 Å². The fourth-order valence-electron chi connectivity index (χ4n) is 3.58. The summed E-state index contributed by atoms with van der Waals surface area (Å²) < 4.78 is 4.79. The molecule has 4 aromatic rings. The van der Waals surface area contributed by atoms with Crippen molar-refractivity contribution in [3.63, 3.8) is 0 Å². The van der Waals surface area contributed by atoms with Crippen molar-refractivity contribution < 1.29 is 0 Å². The van der Waals surface area contributed by atoms with E-state index in [0.29, 0.717) is 0 Å². The van der Waals surface area contributed by atoms with E-state index in [1.807, 2.05) is 0 Å². The van der Waals surface area contributed by atoms with Gasteiger partial charge in [0, 0.05) is 24.0 Å². The Bertz CT molecular complexity index is 909. The Morgan fingerprint density at radius 3 is 2.25 bits per heavy atom. The van der Waals surface area contributed by atoms with Crippen LogP contribution in [-0.4, -0.2) is 14.1 Å². The third-order valence-corrected chi connectivity index (χ3v) is 4.59. The number of imidazole rings is 1. The zero-order chi connectivity index (χ0) is 16.5. The lowest BCUT2D eigenvalue weighted by molar-refractivity contribution is 0.678. The lowest BCUT2D eigenvalue weighted by atomic mass is 10.2. The van der Waals surface area contributed by atoms with E-state index in [4.69, 9.17) is 4.98 Å². The van der Waals surface area contributed by atoms with Crippen molar-refractivity contribution in [2.75, 3.05) is 0 Å². The van der Waals surface area contributed by atoms with Crippen molar-refractivity contribution in [1.82, 2.24) is 14.1 Å². The standard InChI is InChI=1S/C21H23N3/c1-3-13-23-18-11-7-5-9-16(18)15-20(23)21-22-17-10-6-8-12-19(17)24(21)14-4-2/h5-12,15H,3-4,13-14H2,1-2H3. The van der Waals surface area contributed by atoms with Gasteiger partial charge >= 0.3 is 0 Å². The quantitative estimate of drug-likeness (QED) is 0.478. The fraction of sp³-hybridized carbons (Fsp3) is 0.286. The predicted octanol–water partition coefficient (Wildman–Crippen LogP) is 5.48. The van der Waals surface area contributed by atoms with E-state index < -0.39 is 0 Å². The van der Waals surface area contributed by atoms with Crippen LogP contribution < -0.4 is 0 Å². The van der Waals surface area contributed by atoms with Gasteiger partial charge in [0.1, 0.15) is 0 Å². The molecule has 0 spiro atoms. The van der Waals surface area contributed by atoms with Crippen molar-refractivity contribution >= 4 is 21.9 Å². The van der Waals surface area contributed by atoms with Crippen LogP contribution in [0, 0.1) is 0 Å². The molecule has 0 bridgehead atoms. The van der Waals surface area contributed by atoms with Crippen LogP contribution in [0.4, 0.5) is 0 Å². The van der Waals surface area contributed by atoms with Gasteiger partial charge in [-0.2, -0.15) is 0 Å². The van der Waals surface area contributed by atoms with E-state index in [1.165, 1.54) is 22.1 Å². The minimum absolute atomic E-state index is 0.990. The second kappa shape index (κ2) is 6.16. The number of hydrogen-bond donors (Lipinski definition) is 0. The first kappa shape index (κ1) is 15.0. The lowest BCUT2D eigenvalue weighted by Crippen LogP contribution is -2.05. The Balaban J connectivity index is 2.02. The Kier molecular flexibility index (Phi) is 3.85. The van der Waals surface area contributed by atoms with Gasteiger partial charge in [-0.25, -0.2) is 4.98 Å². The van der Waals surface area contributed by atoms with Gasteiger partial charge in [0.05, 0.1) is 16.7 Å². The summed E-state index contributed by atoms with van der Waals surface area (Å²) in [5.74, 6) is 1.09. The molecule has 0 N–H and O–H groups in total. The molecule has 122 valence electrons. The summed E-state index contributed by atoms with van der Waals surface area (Å²) >= 11 is 0. The molecule has 0 aliphatic heterocycles. The third kappa shape index (κ3) is 2.32. The summed E-state index contributed by atoms with van der Waals surface area (Å²) in [6.45, 7) is 6.45. The zero-order valence-corrected chi connectivity index (χ0v) is 14.4. The lowest BCUT2D eigenvalue weighted by Gasteiger charge is -2.11. The molecule has 3 heteroatoms. The largest absolute Gasteiger partial charge is 0.338 e. The number of fused-ring (bicyclic) bond motifs is 2. The van der Waals surface area contributed by atoms with Crippen LogP contribution in [0.5, 0.6) is 0 Å². The van der Waals surface area contributed by atoms with Gasteiger partial charge in [-0.05, 0) is 37.1 Å². The Morgan fingerprint density at radius 2 is 1.46 bits per heavy atom. The minimum Gasteiger partial charge on any atom is -0.338 e. The number of hydrogen-bond acceptors (Lipinski definition) is 1. The summed E-state index contributed by atoms with van der Waals surface area (Å²) in [4.78, 5) is 4.98. The Hall–Kier alpha value is -2.55. The van der Waals surface area contributed by atoms with Crippen molar-refractivity contribution in [1.29, 1.82) is 0 Å². The molecular weight excluding hydrogens is 294 g/mol. The molecule has 4 rings (SSSR count). The van der Waals surface area contributed by atoms with Crippen LogP contribution in [0.2, 0.25) is 0 Å². The highest BCUT2D eigenvalue weighted by atomic mass is 15.1. The number of aryl methyl sites for hydroxylation is 2. The molecule has 0 unspecified atom stereocenters. The Morgan fingerprint density at radius 1 is 0.792 bits per heavy atom. The van der Waals surface area contributed by atoms with E-state index in [1.54, 1.807) is 0 Å². The first-order chi connectivity index (χ1) is 11.8. The molecule has 3 nitrogen and oxygen atoms in total. The molecule has 2 heterocycles. The number of para-hydroxylation sites is 3. The molecule has 0 amide bonds. The fourth-order valence-corrected chi connectivity index (χ4v) is 3.58. The summed E-state index contributed by atoms with van der Waals surface area (Å²) in [6.07, 6.45) is 2.21. The number of rotatable bonds is 5. The van der Waals surface area contributed by atoms with Crippen LogP contribution in [-0.2, 0) is 13.1 Å². The van der Waals surface area contributed by atoms with Gasteiger partial charge in [0.2, 0.25) is 0 Å². The molecule has 0 aliphatic rings. The average molecular weight is 317 g/mol. The highest BCUT2D eigenvalue weighted by Gasteiger charge is 2.17. The summed E-state index contributed by atoms with van der Waals surface area (Å²) in [6, 6.07) is 19.4. The summed E-state index contributed by atoms with van der Waals surface area (Å²) in [5.41, 5.74) is 4.82. The molecule has 0 saturated carbocycles. The molecule has 0 fully saturated rings. The van der Waals surface area contributed by atoms with E-state index in [0.717, 1.165) is 37.3 Å². The van der Waals surface area contributed by atoms with E-state index in [9.17, 15) is 0 Å². The zero-order valence-electron chi connectivity index (χ0n) is 14.4. The second-order valence-corrected chi connectivity index (χ2v) is 6.32. The first-order valence-electron chi connectivity index (χ1n) is 8.87. The van der Waals surface area contributed by atoms with Crippen molar-refractivity contribution in [2.45, 2.75) is 39.8 Å². The van der Waals surface area contributed by atoms with Crippen LogP contribution in [0.3, 0.4) is 0 Å². The van der Waals surface area contributed by atoms with Crippen LogP contribution >= 0.6 is 0 Å². The average Bonchev–Trinajstić information content (AvgIpc) is 3.15. The smallest absolute Gasteiger partial charge is 0.157 e. The van der Waals surface area contributed by atoms with Gasteiger partial charge < -0.3 is 9.13 Å². The van der Waals surface area contributed by atoms with Gasteiger partial charge in [0.25, 0.3) is 0 Å². The maximum atomic E-state index is 4.98. The van der Waals surface area contributed by atoms with E-state index in [2.05, 4.69) is 77.6 Å². The van der Waals surface area contributed by atoms with Crippen LogP contribution in [0.1, 0.15) is 26.7 Å². The van der Waals surface area contributed by atoms with E-state index in [-0.39, 0.29) is 0 Å². The molecule has 24 heavy (non-hydrogen) atoms. The summed E-state index contributed by atoms with van der Waals surface area (Å²) in [5, 5.41) is 1.29. The highest BCUT2D eigenvalue weighted by Crippen LogP contribution is 2.31. The molecule has 0 radical (unpaired) electrons. The van der Waals surface area contributed by atoms with Crippen LogP contribution in [0.25, 0.3) is 33.5 Å². The molecule has 2 aromatic carbocycles. The first-order valence-corrected chi connectivity index (χ1v) is 8.87. The van der Waals surface area contributed by atoms with Crippen molar-refractivity contribution in [2.24, 2.45) is 0 Å². The summed E-state index contributed by atoms with van der Waals surface area (Å²) in [7, 11) is 0. The topological polar surface area (TPSA) is 22.8 Å². The maximum absolute atomic E-state index is 4.98. The van der Waals surface area contributed by atoms with Gasteiger partial charge in [0.15, 0.2) is 5.82 Å². The predicted molar refractivity (Wildman–Crippen MR) is 101 cm³/mol. The van der Waals surface area contributed by atoms with Crippen molar-refractivity contribution in [3.8, 4) is 11.5 Å². The molecule has 0 saturated heterocycles.